The Bertz CT molecular complexity index is 1020. The van der Waals surface area contributed by atoms with E-state index in [0.717, 1.165) is 44.0 Å². The quantitative estimate of drug-likeness (QED) is 0.797. The molecule has 1 saturated heterocycles. The van der Waals surface area contributed by atoms with E-state index in [1.807, 2.05) is 18.7 Å². The van der Waals surface area contributed by atoms with Crippen molar-refractivity contribution in [1.29, 1.82) is 0 Å². The summed E-state index contributed by atoms with van der Waals surface area (Å²) in [7, 11) is 0. The largest absolute Gasteiger partial charge is 0.336 e. The highest BCUT2D eigenvalue weighted by Crippen LogP contribution is 2.37. The lowest BCUT2D eigenvalue weighted by Crippen LogP contribution is -2.48. The van der Waals surface area contributed by atoms with Gasteiger partial charge in [0.15, 0.2) is 0 Å². The van der Waals surface area contributed by atoms with Gasteiger partial charge in [0.1, 0.15) is 0 Å². The van der Waals surface area contributed by atoms with Crippen LogP contribution in [0, 0.1) is 0 Å². The number of hydrogen-bond acceptors (Lipinski definition) is 4. The third-order valence-electron chi connectivity index (χ3n) is 6.27. The van der Waals surface area contributed by atoms with Gasteiger partial charge in [-0.15, -0.1) is 0 Å². The molecule has 2 heterocycles. The van der Waals surface area contributed by atoms with E-state index in [0.29, 0.717) is 16.8 Å². The lowest BCUT2D eigenvalue weighted by atomic mass is 9.85. The zero-order valence-corrected chi connectivity index (χ0v) is 18.2. The van der Waals surface area contributed by atoms with Crippen molar-refractivity contribution in [2.24, 2.45) is 0 Å². The van der Waals surface area contributed by atoms with Crippen LogP contribution in [0.4, 0.5) is 11.4 Å². The van der Waals surface area contributed by atoms with E-state index in [9.17, 15) is 14.4 Å². The number of nitrogens with one attached hydrogen (secondary N) is 2. The second kappa shape index (κ2) is 8.15. The zero-order chi connectivity index (χ0) is 22.2. The Balaban J connectivity index is 1.42. The number of benzene rings is 2. The van der Waals surface area contributed by atoms with Crippen molar-refractivity contribution in [3.8, 4) is 0 Å². The summed E-state index contributed by atoms with van der Waals surface area (Å²) in [5.41, 5.74) is 2.61. The smallest absolute Gasteiger partial charge is 0.255 e. The highest BCUT2D eigenvalue weighted by atomic mass is 16.2. The molecule has 0 saturated carbocycles. The fraction of sp³-hybridized carbons (Fsp3) is 0.375. The summed E-state index contributed by atoms with van der Waals surface area (Å²) in [6, 6.07) is 12.2. The molecule has 1 fully saturated rings. The van der Waals surface area contributed by atoms with Gasteiger partial charge in [-0.3, -0.25) is 14.4 Å². The Kier molecular flexibility index (Phi) is 5.54. The molecule has 2 aliphatic rings. The van der Waals surface area contributed by atoms with Crippen LogP contribution in [0.15, 0.2) is 42.5 Å². The van der Waals surface area contributed by atoms with E-state index >= 15 is 0 Å². The molecule has 0 spiro atoms. The van der Waals surface area contributed by atoms with E-state index in [1.54, 1.807) is 42.5 Å². The van der Waals surface area contributed by atoms with Crippen LogP contribution in [0.25, 0.3) is 0 Å². The summed E-state index contributed by atoms with van der Waals surface area (Å²) in [6.45, 7) is 10.1. The van der Waals surface area contributed by atoms with Crippen molar-refractivity contribution >= 4 is 29.1 Å². The summed E-state index contributed by atoms with van der Waals surface area (Å²) >= 11 is 0. The molecule has 0 bridgehead atoms. The zero-order valence-electron chi connectivity index (χ0n) is 18.2. The Morgan fingerprint density at radius 3 is 2.29 bits per heavy atom. The molecular formula is C24H28N4O3. The highest BCUT2D eigenvalue weighted by Gasteiger charge is 2.38. The second-order valence-corrected chi connectivity index (χ2v) is 8.60. The maximum atomic E-state index is 12.7. The number of carbonyl (C=O) groups is 3. The second-order valence-electron chi connectivity index (χ2n) is 8.60. The molecule has 0 unspecified atom stereocenters. The number of nitrogens with zero attached hydrogens (tertiary/aromatic N) is 2. The van der Waals surface area contributed by atoms with Crippen LogP contribution in [-0.4, -0.2) is 60.2 Å². The first-order valence-corrected chi connectivity index (χ1v) is 10.7. The van der Waals surface area contributed by atoms with Gasteiger partial charge in [-0.25, -0.2) is 0 Å². The normalized spacial score (nSPS) is 17.8. The number of amides is 3. The van der Waals surface area contributed by atoms with Gasteiger partial charge in [0, 0.05) is 48.7 Å². The highest BCUT2D eigenvalue weighted by molar-refractivity contribution is 6.09. The van der Waals surface area contributed by atoms with E-state index in [2.05, 4.69) is 22.5 Å². The molecule has 0 atom stereocenters. The molecule has 4 rings (SSSR count). The number of carbonyl (C=O) groups excluding carboxylic acids is 3. The molecule has 3 amide bonds. The van der Waals surface area contributed by atoms with Crippen molar-refractivity contribution < 1.29 is 14.4 Å². The van der Waals surface area contributed by atoms with Crippen LogP contribution in [0.1, 0.15) is 47.1 Å². The number of fused-ring (bicyclic) bond motifs is 1. The van der Waals surface area contributed by atoms with Gasteiger partial charge < -0.3 is 20.4 Å². The molecule has 2 aliphatic heterocycles. The predicted octanol–water partition coefficient (Wildman–Crippen LogP) is 2.95. The van der Waals surface area contributed by atoms with Crippen molar-refractivity contribution in [1.82, 2.24) is 9.80 Å². The standard InChI is InChI=1S/C24H28N4O3/c1-4-27-11-13-28(14-12-27)22(30)16-5-8-18(9-6-16)25-21(29)17-7-10-20-19(15-17)24(2,3)23(31)26-20/h5-10,15H,4,11-14H2,1-3H3,(H,25,29)(H,26,31). The summed E-state index contributed by atoms with van der Waals surface area (Å²) in [5.74, 6) is -0.309. The van der Waals surface area contributed by atoms with Crippen molar-refractivity contribution in [3.05, 3.63) is 59.2 Å². The lowest BCUT2D eigenvalue weighted by Gasteiger charge is -2.34. The van der Waals surface area contributed by atoms with Gasteiger partial charge >= 0.3 is 0 Å². The lowest BCUT2D eigenvalue weighted by molar-refractivity contribution is -0.119. The average molecular weight is 421 g/mol. The topological polar surface area (TPSA) is 81.8 Å². The summed E-state index contributed by atoms with van der Waals surface area (Å²) in [6.07, 6.45) is 0. The summed E-state index contributed by atoms with van der Waals surface area (Å²) in [5, 5.41) is 5.71. The van der Waals surface area contributed by atoms with Crippen LogP contribution >= 0.6 is 0 Å². The van der Waals surface area contributed by atoms with Gasteiger partial charge in [-0.1, -0.05) is 6.92 Å². The Hall–Kier alpha value is -3.19. The van der Waals surface area contributed by atoms with E-state index < -0.39 is 5.41 Å². The monoisotopic (exact) mass is 420 g/mol. The van der Waals surface area contributed by atoms with Crippen LogP contribution < -0.4 is 10.6 Å². The van der Waals surface area contributed by atoms with Gasteiger partial charge in [0.2, 0.25) is 5.91 Å². The van der Waals surface area contributed by atoms with Gasteiger partial charge in [-0.2, -0.15) is 0 Å². The molecule has 7 heteroatoms. The third kappa shape index (κ3) is 4.05. The maximum Gasteiger partial charge on any atom is 0.255 e. The fourth-order valence-electron chi connectivity index (χ4n) is 4.06. The minimum absolute atomic E-state index is 0.0200. The number of hydrogen-bond donors (Lipinski definition) is 2. The molecule has 0 radical (unpaired) electrons. The average Bonchev–Trinajstić information content (AvgIpc) is 3.01. The SMILES string of the molecule is CCN1CCN(C(=O)c2ccc(NC(=O)c3ccc4c(c3)C(C)(C)C(=O)N4)cc2)CC1. The molecule has 2 aromatic rings. The van der Waals surface area contributed by atoms with Gasteiger partial charge in [-0.05, 0) is 68.4 Å². The van der Waals surface area contributed by atoms with Crippen molar-refractivity contribution in [2.45, 2.75) is 26.2 Å². The number of anilines is 2. The van der Waals surface area contributed by atoms with Crippen LogP contribution in [0.3, 0.4) is 0 Å². The first-order valence-electron chi connectivity index (χ1n) is 10.7. The maximum absolute atomic E-state index is 12.7. The minimum atomic E-state index is -0.670. The molecule has 0 aliphatic carbocycles. The van der Waals surface area contributed by atoms with E-state index in [1.165, 1.54) is 0 Å². The van der Waals surface area contributed by atoms with Gasteiger partial charge in [0.25, 0.3) is 11.8 Å². The van der Waals surface area contributed by atoms with Crippen LogP contribution in [0.2, 0.25) is 0 Å². The van der Waals surface area contributed by atoms with Crippen LogP contribution in [0.5, 0.6) is 0 Å². The van der Waals surface area contributed by atoms with E-state index in [4.69, 9.17) is 0 Å². The molecule has 2 N–H and O–H groups in total. The molecule has 31 heavy (non-hydrogen) atoms. The van der Waals surface area contributed by atoms with Crippen molar-refractivity contribution in [3.63, 3.8) is 0 Å². The molecule has 7 nitrogen and oxygen atoms in total. The van der Waals surface area contributed by atoms with Crippen LogP contribution in [-0.2, 0) is 10.2 Å². The van der Waals surface area contributed by atoms with Gasteiger partial charge in [0.05, 0.1) is 5.41 Å². The molecule has 2 aromatic carbocycles. The fourth-order valence-corrected chi connectivity index (χ4v) is 4.06. The molecule has 162 valence electrons. The molecule has 0 aromatic heterocycles. The third-order valence-corrected chi connectivity index (χ3v) is 6.27. The van der Waals surface area contributed by atoms with Crippen molar-refractivity contribution in [2.75, 3.05) is 43.4 Å². The number of likely N-dealkylation sites (N-methyl/N-ethyl adjacent to an activating group) is 1. The Morgan fingerprint density at radius 1 is 1.00 bits per heavy atom. The predicted molar refractivity (Wildman–Crippen MR) is 121 cm³/mol. The summed E-state index contributed by atoms with van der Waals surface area (Å²) < 4.78 is 0. The number of piperazine rings is 1. The Morgan fingerprint density at radius 2 is 1.65 bits per heavy atom. The minimum Gasteiger partial charge on any atom is -0.336 e. The number of rotatable bonds is 4. The molecular weight excluding hydrogens is 392 g/mol. The van der Waals surface area contributed by atoms with E-state index in [-0.39, 0.29) is 17.7 Å². The Labute approximate surface area is 182 Å². The first-order chi connectivity index (χ1) is 14.8. The first kappa shape index (κ1) is 21.1. The summed E-state index contributed by atoms with van der Waals surface area (Å²) in [4.78, 5) is 41.8.